The van der Waals surface area contributed by atoms with Crippen molar-refractivity contribution in [2.45, 2.75) is 271 Å². The predicted octanol–water partition coefficient (Wildman–Crippen LogP) is 18.7. The molecule has 0 rings (SSSR count). The molecule has 0 spiro atoms. The molecular weight excluding hydrogens is 789 g/mol. The highest BCUT2D eigenvalue weighted by atomic mass is 16.6. The molecule has 1 atom stereocenters. The van der Waals surface area contributed by atoms with Crippen LogP contribution in [0.2, 0.25) is 0 Å². The van der Waals surface area contributed by atoms with Gasteiger partial charge in [-0.1, -0.05) is 235 Å². The van der Waals surface area contributed by atoms with Crippen molar-refractivity contribution in [3.05, 3.63) is 72.9 Å². The van der Waals surface area contributed by atoms with E-state index in [9.17, 15) is 9.59 Å². The summed E-state index contributed by atoms with van der Waals surface area (Å²) in [5.41, 5.74) is 0. The molecule has 1 unspecified atom stereocenters. The lowest BCUT2D eigenvalue weighted by Gasteiger charge is -2.18. The highest BCUT2D eigenvalue weighted by Crippen LogP contribution is 2.15. The zero-order valence-corrected chi connectivity index (χ0v) is 42.5. The number of unbranched alkanes of at least 4 members (excludes halogenated alkanes) is 27. The van der Waals surface area contributed by atoms with Gasteiger partial charge < -0.3 is 14.2 Å². The van der Waals surface area contributed by atoms with Crippen LogP contribution < -0.4 is 0 Å². The molecule has 0 N–H and O–H groups in total. The van der Waals surface area contributed by atoms with Gasteiger partial charge in [-0.3, -0.25) is 9.59 Å². The first-order valence-corrected chi connectivity index (χ1v) is 27.5. The van der Waals surface area contributed by atoms with Gasteiger partial charge in [0.05, 0.1) is 6.61 Å². The lowest BCUT2D eigenvalue weighted by Crippen LogP contribution is -2.30. The van der Waals surface area contributed by atoms with Crippen LogP contribution in [-0.4, -0.2) is 37.9 Å². The van der Waals surface area contributed by atoms with Crippen LogP contribution >= 0.6 is 0 Å². The zero-order valence-electron chi connectivity index (χ0n) is 42.5. The monoisotopic (exact) mass is 893 g/mol. The van der Waals surface area contributed by atoms with Crippen molar-refractivity contribution in [2.24, 2.45) is 0 Å². The van der Waals surface area contributed by atoms with Gasteiger partial charge in [0.15, 0.2) is 6.10 Å². The largest absolute Gasteiger partial charge is 0.462 e. The summed E-state index contributed by atoms with van der Waals surface area (Å²) >= 11 is 0. The summed E-state index contributed by atoms with van der Waals surface area (Å²) in [4.78, 5) is 25.4. The number of hydrogen-bond acceptors (Lipinski definition) is 5. The van der Waals surface area contributed by atoms with Gasteiger partial charge in [0.1, 0.15) is 6.61 Å². The van der Waals surface area contributed by atoms with E-state index in [0.29, 0.717) is 19.4 Å². The third-order valence-electron chi connectivity index (χ3n) is 11.7. The van der Waals surface area contributed by atoms with Gasteiger partial charge in [-0.25, -0.2) is 0 Å². The first kappa shape index (κ1) is 61.3. The average molecular weight is 893 g/mol. The van der Waals surface area contributed by atoms with E-state index < -0.39 is 6.10 Å². The van der Waals surface area contributed by atoms with Gasteiger partial charge in [0.2, 0.25) is 0 Å². The first-order chi connectivity index (χ1) is 31.6. The summed E-state index contributed by atoms with van der Waals surface area (Å²) in [5.74, 6) is -0.446. The van der Waals surface area contributed by atoms with Crippen LogP contribution in [0.5, 0.6) is 0 Å². The van der Waals surface area contributed by atoms with E-state index in [2.05, 4.69) is 93.7 Å². The van der Waals surface area contributed by atoms with Crippen molar-refractivity contribution in [1.29, 1.82) is 0 Å². The Balaban J connectivity index is 4.33. The molecule has 0 radical (unpaired) electrons. The van der Waals surface area contributed by atoms with Gasteiger partial charge >= 0.3 is 11.9 Å². The first-order valence-electron chi connectivity index (χ1n) is 27.5. The van der Waals surface area contributed by atoms with Crippen LogP contribution in [0, 0.1) is 0 Å². The Morgan fingerprint density at radius 3 is 1.19 bits per heavy atom. The molecule has 0 aromatic carbocycles. The summed E-state index contributed by atoms with van der Waals surface area (Å²) < 4.78 is 17.4. The summed E-state index contributed by atoms with van der Waals surface area (Å²) in [6, 6.07) is 0. The van der Waals surface area contributed by atoms with E-state index in [0.717, 1.165) is 83.5 Å². The third kappa shape index (κ3) is 52.0. The third-order valence-corrected chi connectivity index (χ3v) is 11.7. The van der Waals surface area contributed by atoms with Crippen molar-refractivity contribution >= 4 is 11.9 Å². The van der Waals surface area contributed by atoms with Gasteiger partial charge in [0.25, 0.3) is 0 Å². The highest BCUT2D eigenvalue weighted by molar-refractivity contribution is 5.70. The minimum Gasteiger partial charge on any atom is -0.462 e. The van der Waals surface area contributed by atoms with Crippen molar-refractivity contribution < 1.29 is 23.8 Å². The molecule has 0 aliphatic rings. The van der Waals surface area contributed by atoms with Crippen molar-refractivity contribution in [3.63, 3.8) is 0 Å². The fourth-order valence-electron chi connectivity index (χ4n) is 7.65. The molecule has 0 aromatic rings. The second-order valence-corrected chi connectivity index (χ2v) is 18.1. The number of ether oxygens (including phenoxy) is 3. The minimum atomic E-state index is -0.561. The van der Waals surface area contributed by atoms with Crippen LogP contribution in [0.4, 0.5) is 0 Å². The molecule has 0 aromatic heterocycles. The number of hydrogen-bond donors (Lipinski definition) is 0. The molecule has 0 saturated carbocycles. The molecular formula is C59H104O5. The number of carbonyl (C=O) groups is 2. The smallest absolute Gasteiger partial charge is 0.306 e. The second kappa shape index (κ2) is 54.7. The number of allylic oxidation sites excluding steroid dienone is 12. The molecule has 0 aliphatic carbocycles. The number of rotatable bonds is 50. The van der Waals surface area contributed by atoms with Crippen molar-refractivity contribution in [1.82, 2.24) is 0 Å². The van der Waals surface area contributed by atoms with E-state index in [4.69, 9.17) is 14.2 Å². The van der Waals surface area contributed by atoms with Gasteiger partial charge in [-0.05, 0) is 89.9 Å². The number of esters is 2. The van der Waals surface area contributed by atoms with Crippen LogP contribution in [0.15, 0.2) is 72.9 Å². The lowest BCUT2D eigenvalue weighted by molar-refractivity contribution is -0.163. The zero-order chi connectivity index (χ0) is 46.3. The molecule has 64 heavy (non-hydrogen) atoms. The maximum Gasteiger partial charge on any atom is 0.306 e. The molecule has 0 amide bonds. The molecule has 0 saturated heterocycles. The topological polar surface area (TPSA) is 61.8 Å². The SMILES string of the molecule is CC/C=C\C/C=C\C/C=C\C/C=C\CCCCC(=O)OC(COCCCCCCCCCCCCCCCCCC)COC(=O)CCCCCCCCC/C=C\C/C=C\CCCCC. The van der Waals surface area contributed by atoms with Gasteiger partial charge in [-0.15, -0.1) is 0 Å². The summed E-state index contributed by atoms with van der Waals surface area (Å²) in [6.45, 7) is 7.67. The molecule has 0 fully saturated rings. The maximum absolute atomic E-state index is 12.8. The van der Waals surface area contributed by atoms with E-state index in [1.54, 1.807) is 0 Å². The maximum atomic E-state index is 12.8. The second-order valence-electron chi connectivity index (χ2n) is 18.1. The fraction of sp³-hybridized carbons (Fsp3) is 0.763. The Kier molecular flexibility index (Phi) is 52.4. The quantitative estimate of drug-likeness (QED) is 0.0346. The van der Waals surface area contributed by atoms with Crippen LogP contribution in [-0.2, 0) is 23.8 Å². The minimum absolute atomic E-state index is 0.0647. The normalized spacial score (nSPS) is 12.7. The van der Waals surface area contributed by atoms with E-state index >= 15 is 0 Å². The average Bonchev–Trinajstić information content (AvgIpc) is 3.30. The molecule has 0 aliphatic heterocycles. The lowest BCUT2D eigenvalue weighted by atomic mass is 10.0. The standard InChI is InChI=1S/C59H104O5/c1-4-7-10-13-16-19-22-25-28-30-32-34-37-40-43-46-49-52-58(60)63-56-57(55-62-54-51-48-45-42-39-36-33-29-26-23-20-17-14-11-8-5-2)64-59(61)53-50-47-44-41-38-35-31-27-24-21-18-15-12-9-6-3/h9,12,16,18-19,21,25,27-28,31,38,41,57H,4-8,10-11,13-15,17,20,22-24,26,29-30,32-37,39-40,42-56H2,1-3H3/b12-9-,19-16-,21-18-,28-25-,31-27-,41-38-. The van der Waals surface area contributed by atoms with E-state index in [-0.39, 0.29) is 25.2 Å². The summed E-state index contributed by atoms with van der Waals surface area (Å²) in [6.07, 6.45) is 70.6. The van der Waals surface area contributed by atoms with Crippen LogP contribution in [0.1, 0.15) is 265 Å². The molecule has 370 valence electrons. The van der Waals surface area contributed by atoms with E-state index in [1.807, 2.05) is 0 Å². The fourth-order valence-corrected chi connectivity index (χ4v) is 7.65. The number of carbonyl (C=O) groups excluding carboxylic acids is 2. The summed E-state index contributed by atoms with van der Waals surface area (Å²) in [7, 11) is 0. The highest BCUT2D eigenvalue weighted by Gasteiger charge is 2.17. The molecule has 0 heterocycles. The Morgan fingerprint density at radius 1 is 0.359 bits per heavy atom. The Labute approximate surface area is 397 Å². The van der Waals surface area contributed by atoms with E-state index in [1.165, 1.54) is 148 Å². The van der Waals surface area contributed by atoms with Crippen molar-refractivity contribution in [2.75, 3.05) is 19.8 Å². The molecule has 5 heteroatoms. The van der Waals surface area contributed by atoms with Crippen LogP contribution in [0.3, 0.4) is 0 Å². The van der Waals surface area contributed by atoms with Gasteiger partial charge in [0, 0.05) is 19.4 Å². The van der Waals surface area contributed by atoms with Crippen molar-refractivity contribution in [3.8, 4) is 0 Å². The van der Waals surface area contributed by atoms with Crippen LogP contribution in [0.25, 0.3) is 0 Å². The summed E-state index contributed by atoms with van der Waals surface area (Å²) in [5, 5.41) is 0. The Morgan fingerprint density at radius 2 is 0.703 bits per heavy atom. The van der Waals surface area contributed by atoms with Gasteiger partial charge in [-0.2, -0.15) is 0 Å². The molecule has 5 nitrogen and oxygen atoms in total. The Hall–Kier alpha value is -2.66. The Bertz CT molecular complexity index is 1150. The molecule has 0 bridgehead atoms. The predicted molar refractivity (Wildman–Crippen MR) is 279 cm³/mol.